The van der Waals surface area contributed by atoms with Gasteiger partial charge in [0.05, 0.1) is 4.90 Å². The number of nitrogens with one attached hydrogen (secondary N) is 3. The molecule has 0 spiro atoms. The van der Waals surface area contributed by atoms with Crippen molar-refractivity contribution in [3.05, 3.63) is 29.3 Å². The van der Waals surface area contributed by atoms with Crippen LogP contribution in [0.1, 0.15) is 30.9 Å². The van der Waals surface area contributed by atoms with Gasteiger partial charge >= 0.3 is 0 Å². The molecule has 1 aromatic carbocycles. The maximum Gasteiger partial charge on any atom is 0.240 e. The number of aryl methyl sites for hydroxylation is 2. The van der Waals surface area contributed by atoms with E-state index in [9.17, 15) is 8.42 Å². The first-order chi connectivity index (χ1) is 10.9. The SMILES string of the molecule is CCCCNC(=NC)NCCNS(=O)(=O)c1cc(C)ccc1C. The second kappa shape index (κ2) is 9.52. The van der Waals surface area contributed by atoms with E-state index in [0.29, 0.717) is 23.9 Å². The Balaban J connectivity index is 2.49. The molecule has 130 valence electrons. The number of sulfonamides is 1. The van der Waals surface area contributed by atoms with Gasteiger partial charge in [0.25, 0.3) is 0 Å². The minimum absolute atomic E-state index is 0.296. The van der Waals surface area contributed by atoms with E-state index in [1.54, 1.807) is 20.0 Å². The summed E-state index contributed by atoms with van der Waals surface area (Å²) < 4.78 is 27.3. The van der Waals surface area contributed by atoms with Gasteiger partial charge in [-0.25, -0.2) is 13.1 Å². The molecule has 1 rings (SSSR count). The average Bonchev–Trinajstić information content (AvgIpc) is 2.52. The molecular weight excluding hydrogens is 312 g/mol. The summed E-state index contributed by atoms with van der Waals surface area (Å²) in [7, 11) is -1.79. The molecule has 0 saturated heterocycles. The molecule has 23 heavy (non-hydrogen) atoms. The van der Waals surface area contributed by atoms with Crippen LogP contribution < -0.4 is 15.4 Å². The van der Waals surface area contributed by atoms with Crippen LogP contribution in [0.3, 0.4) is 0 Å². The average molecular weight is 340 g/mol. The lowest BCUT2D eigenvalue weighted by atomic mass is 10.2. The van der Waals surface area contributed by atoms with Crippen molar-refractivity contribution in [3.8, 4) is 0 Å². The van der Waals surface area contributed by atoms with E-state index in [2.05, 4.69) is 27.3 Å². The number of hydrogen-bond donors (Lipinski definition) is 3. The molecule has 0 bridgehead atoms. The van der Waals surface area contributed by atoms with E-state index in [1.807, 2.05) is 19.1 Å². The van der Waals surface area contributed by atoms with E-state index < -0.39 is 10.0 Å². The molecule has 1 aromatic rings. The third kappa shape index (κ3) is 6.58. The van der Waals surface area contributed by atoms with E-state index >= 15 is 0 Å². The first kappa shape index (κ1) is 19.4. The predicted molar refractivity (Wildman–Crippen MR) is 95.4 cm³/mol. The van der Waals surface area contributed by atoms with Crippen LogP contribution in [0.2, 0.25) is 0 Å². The maximum atomic E-state index is 12.3. The molecule has 0 aliphatic rings. The lowest BCUT2D eigenvalue weighted by molar-refractivity contribution is 0.579. The van der Waals surface area contributed by atoms with Gasteiger partial charge in [-0.2, -0.15) is 0 Å². The minimum Gasteiger partial charge on any atom is -0.356 e. The molecule has 0 fully saturated rings. The number of rotatable bonds is 8. The quantitative estimate of drug-likeness (QED) is 0.381. The molecule has 6 nitrogen and oxygen atoms in total. The number of aliphatic imine (C=N–C) groups is 1. The second-order valence-electron chi connectivity index (χ2n) is 5.45. The summed E-state index contributed by atoms with van der Waals surface area (Å²) in [5.74, 6) is 0.685. The molecule has 0 radical (unpaired) electrons. The number of guanidine groups is 1. The van der Waals surface area contributed by atoms with Crippen molar-refractivity contribution in [2.24, 2.45) is 4.99 Å². The van der Waals surface area contributed by atoms with Gasteiger partial charge in [0, 0.05) is 26.7 Å². The Bertz CT molecular complexity index is 627. The molecule has 0 atom stereocenters. The summed E-state index contributed by atoms with van der Waals surface area (Å²) >= 11 is 0. The molecule has 0 amide bonds. The largest absolute Gasteiger partial charge is 0.356 e. The van der Waals surface area contributed by atoms with Crippen molar-refractivity contribution in [1.29, 1.82) is 0 Å². The molecule has 0 aliphatic heterocycles. The molecule has 0 aliphatic carbocycles. The first-order valence-corrected chi connectivity index (χ1v) is 9.40. The summed E-state index contributed by atoms with van der Waals surface area (Å²) in [4.78, 5) is 4.43. The highest BCUT2D eigenvalue weighted by Gasteiger charge is 2.16. The van der Waals surface area contributed by atoms with Crippen LogP contribution in [0.4, 0.5) is 0 Å². The van der Waals surface area contributed by atoms with Gasteiger partial charge in [0.15, 0.2) is 5.96 Å². The zero-order valence-corrected chi connectivity index (χ0v) is 15.3. The van der Waals surface area contributed by atoms with Gasteiger partial charge in [0.2, 0.25) is 10.0 Å². The summed E-state index contributed by atoms with van der Waals surface area (Å²) in [6, 6.07) is 5.42. The van der Waals surface area contributed by atoms with E-state index in [-0.39, 0.29) is 0 Å². The zero-order valence-electron chi connectivity index (χ0n) is 14.4. The summed E-state index contributed by atoms with van der Waals surface area (Å²) in [5, 5.41) is 6.27. The van der Waals surface area contributed by atoms with Crippen LogP contribution in [0, 0.1) is 13.8 Å². The Kier molecular flexibility index (Phi) is 8.05. The molecule has 0 heterocycles. The van der Waals surface area contributed by atoms with Gasteiger partial charge in [-0.15, -0.1) is 0 Å². The number of nitrogens with zero attached hydrogens (tertiary/aromatic N) is 1. The number of unbranched alkanes of at least 4 members (excludes halogenated alkanes) is 1. The second-order valence-corrected chi connectivity index (χ2v) is 7.18. The molecule has 0 unspecified atom stereocenters. The van der Waals surface area contributed by atoms with Crippen molar-refractivity contribution in [1.82, 2.24) is 15.4 Å². The standard InChI is InChI=1S/C16H28N4O2S/c1-5-6-9-18-16(17-4)19-10-11-20-23(21,22)15-12-13(2)7-8-14(15)3/h7-8,12,20H,5-6,9-11H2,1-4H3,(H2,17,18,19). The lowest BCUT2D eigenvalue weighted by Crippen LogP contribution is -2.41. The fraction of sp³-hybridized carbons (Fsp3) is 0.562. The number of hydrogen-bond acceptors (Lipinski definition) is 3. The summed E-state index contributed by atoms with van der Waals surface area (Å²) in [6.45, 7) is 7.42. The van der Waals surface area contributed by atoms with Crippen molar-refractivity contribution in [3.63, 3.8) is 0 Å². The van der Waals surface area contributed by atoms with E-state index in [0.717, 1.165) is 30.5 Å². The highest BCUT2D eigenvalue weighted by molar-refractivity contribution is 7.89. The van der Waals surface area contributed by atoms with Gasteiger partial charge in [0.1, 0.15) is 0 Å². The van der Waals surface area contributed by atoms with Crippen LogP contribution >= 0.6 is 0 Å². The molecule has 3 N–H and O–H groups in total. The van der Waals surface area contributed by atoms with Gasteiger partial charge in [-0.05, 0) is 37.5 Å². The van der Waals surface area contributed by atoms with Gasteiger partial charge in [-0.1, -0.05) is 25.5 Å². The van der Waals surface area contributed by atoms with E-state index in [1.165, 1.54) is 0 Å². The Morgan fingerprint density at radius 3 is 2.48 bits per heavy atom. The van der Waals surface area contributed by atoms with E-state index in [4.69, 9.17) is 0 Å². The third-order valence-corrected chi connectivity index (χ3v) is 4.99. The van der Waals surface area contributed by atoms with Crippen molar-refractivity contribution in [2.75, 3.05) is 26.7 Å². The van der Waals surface area contributed by atoms with Crippen LogP contribution in [-0.2, 0) is 10.0 Å². The smallest absolute Gasteiger partial charge is 0.240 e. The Hall–Kier alpha value is -1.60. The normalized spacial score (nSPS) is 12.3. The fourth-order valence-electron chi connectivity index (χ4n) is 2.05. The van der Waals surface area contributed by atoms with Crippen LogP contribution in [0.25, 0.3) is 0 Å². The van der Waals surface area contributed by atoms with Gasteiger partial charge in [-0.3, -0.25) is 4.99 Å². The topological polar surface area (TPSA) is 82.6 Å². The molecule has 0 aromatic heterocycles. The summed E-state index contributed by atoms with van der Waals surface area (Å²) in [5.41, 5.74) is 1.67. The Morgan fingerprint density at radius 1 is 1.13 bits per heavy atom. The van der Waals surface area contributed by atoms with Gasteiger partial charge < -0.3 is 10.6 Å². The lowest BCUT2D eigenvalue weighted by Gasteiger charge is -2.13. The zero-order chi connectivity index (χ0) is 17.3. The Labute approximate surface area is 139 Å². The first-order valence-electron chi connectivity index (χ1n) is 7.92. The monoisotopic (exact) mass is 340 g/mol. The van der Waals surface area contributed by atoms with Crippen LogP contribution in [-0.4, -0.2) is 41.1 Å². The van der Waals surface area contributed by atoms with Crippen molar-refractivity contribution in [2.45, 2.75) is 38.5 Å². The Morgan fingerprint density at radius 2 is 1.83 bits per heavy atom. The van der Waals surface area contributed by atoms with Crippen molar-refractivity contribution >= 4 is 16.0 Å². The van der Waals surface area contributed by atoms with Crippen LogP contribution in [0.15, 0.2) is 28.1 Å². The fourth-order valence-corrected chi connectivity index (χ4v) is 3.40. The minimum atomic E-state index is -3.49. The number of benzene rings is 1. The summed E-state index contributed by atoms with van der Waals surface area (Å²) in [6.07, 6.45) is 2.18. The van der Waals surface area contributed by atoms with Crippen molar-refractivity contribution < 1.29 is 8.42 Å². The van der Waals surface area contributed by atoms with Crippen LogP contribution in [0.5, 0.6) is 0 Å². The highest BCUT2D eigenvalue weighted by atomic mass is 32.2. The molecule has 7 heteroatoms. The highest BCUT2D eigenvalue weighted by Crippen LogP contribution is 2.16. The predicted octanol–water partition coefficient (Wildman–Crippen LogP) is 1.55. The molecule has 0 saturated carbocycles. The maximum absolute atomic E-state index is 12.3. The molecular formula is C16H28N4O2S. The third-order valence-electron chi connectivity index (χ3n) is 3.39.